The van der Waals surface area contributed by atoms with Crippen molar-refractivity contribution in [2.45, 2.75) is 6.42 Å². The van der Waals surface area contributed by atoms with Gasteiger partial charge in [0.1, 0.15) is 0 Å². The maximum atomic E-state index is 9.00. The van der Waals surface area contributed by atoms with Crippen LogP contribution in [0.1, 0.15) is 6.42 Å². The molecule has 0 saturated carbocycles. The molecule has 0 aromatic carbocycles. The molecule has 0 aliphatic carbocycles. The van der Waals surface area contributed by atoms with Gasteiger partial charge in [-0.1, -0.05) is 6.07 Å². The molecule has 0 unspecified atom stereocenters. The first kappa shape index (κ1) is 12.1. The molecule has 3 heterocycles. The molecule has 19 heavy (non-hydrogen) atoms. The summed E-state index contributed by atoms with van der Waals surface area (Å²) in [5.41, 5.74) is 1.88. The van der Waals surface area contributed by atoms with Gasteiger partial charge in [-0.2, -0.15) is 0 Å². The third-order valence-electron chi connectivity index (χ3n) is 3.16. The molecule has 1 fully saturated rings. The predicted octanol–water partition coefficient (Wildman–Crippen LogP) is -0.572. The van der Waals surface area contributed by atoms with E-state index in [1.165, 1.54) is 12.6 Å². The second kappa shape index (κ2) is 4.95. The van der Waals surface area contributed by atoms with Crippen LogP contribution in [-0.4, -0.2) is 45.2 Å². The van der Waals surface area contributed by atoms with E-state index in [9.17, 15) is 0 Å². The number of anilines is 1. The topological polar surface area (TPSA) is 82.4 Å². The Morgan fingerprint density at radius 2 is 1.74 bits per heavy atom. The fourth-order valence-electron chi connectivity index (χ4n) is 1.86. The first-order valence-electron chi connectivity index (χ1n) is 6.13. The maximum Gasteiger partial charge on any atom is 0.490 e. The summed E-state index contributed by atoms with van der Waals surface area (Å²) in [5.74, 6) is 0.748. The van der Waals surface area contributed by atoms with Crippen molar-refractivity contribution in [2.24, 2.45) is 0 Å². The Labute approximate surface area is 110 Å². The first-order valence-corrected chi connectivity index (χ1v) is 6.13. The van der Waals surface area contributed by atoms with Gasteiger partial charge in [-0.15, -0.1) is 0 Å². The van der Waals surface area contributed by atoms with E-state index in [0.717, 1.165) is 24.6 Å². The Bertz CT molecular complexity index is 555. The molecule has 0 bridgehead atoms. The van der Waals surface area contributed by atoms with Gasteiger partial charge in [-0.05, 0) is 12.5 Å². The molecule has 1 aliphatic rings. The molecule has 6 nitrogen and oxygen atoms in total. The Morgan fingerprint density at radius 3 is 2.21 bits per heavy atom. The molecular weight excluding hydrogens is 243 g/mol. The largest absolute Gasteiger partial charge is 0.490 e. The number of hydrogen-bond donors (Lipinski definition) is 2. The highest BCUT2D eigenvalue weighted by atomic mass is 16.4. The van der Waals surface area contributed by atoms with E-state index in [0.29, 0.717) is 11.2 Å². The van der Waals surface area contributed by atoms with Gasteiger partial charge in [0.05, 0.1) is 5.69 Å². The predicted molar refractivity (Wildman–Crippen MR) is 71.9 cm³/mol. The van der Waals surface area contributed by atoms with Crippen molar-refractivity contribution in [3.8, 4) is 11.3 Å². The van der Waals surface area contributed by atoms with E-state index in [2.05, 4.69) is 19.9 Å². The minimum absolute atomic E-state index is 0.363. The van der Waals surface area contributed by atoms with Crippen molar-refractivity contribution in [1.29, 1.82) is 0 Å². The maximum absolute atomic E-state index is 9.00. The second-order valence-corrected chi connectivity index (χ2v) is 4.46. The molecule has 2 N–H and O–H groups in total. The summed E-state index contributed by atoms with van der Waals surface area (Å²) in [6.45, 7) is 2.03. The summed E-state index contributed by atoms with van der Waals surface area (Å²) in [5, 5.41) is 18.0. The zero-order valence-corrected chi connectivity index (χ0v) is 10.3. The Balaban J connectivity index is 1.81. The van der Waals surface area contributed by atoms with Crippen LogP contribution < -0.4 is 10.4 Å². The van der Waals surface area contributed by atoms with Crippen LogP contribution in [-0.2, 0) is 0 Å². The SMILES string of the molecule is OB(O)c1ccc(-c2cnc(N3CCC3)nc2)nc1. The number of hydrogen-bond acceptors (Lipinski definition) is 6. The summed E-state index contributed by atoms with van der Waals surface area (Å²) < 4.78 is 0. The monoisotopic (exact) mass is 256 g/mol. The second-order valence-electron chi connectivity index (χ2n) is 4.46. The van der Waals surface area contributed by atoms with Crippen molar-refractivity contribution in [3.63, 3.8) is 0 Å². The van der Waals surface area contributed by atoms with Gasteiger partial charge in [-0.3, -0.25) is 4.98 Å². The van der Waals surface area contributed by atoms with Gasteiger partial charge < -0.3 is 14.9 Å². The van der Waals surface area contributed by atoms with Gasteiger partial charge in [0.2, 0.25) is 5.95 Å². The summed E-state index contributed by atoms with van der Waals surface area (Å²) in [6.07, 6.45) is 6.09. The fraction of sp³-hybridized carbons (Fsp3) is 0.250. The number of pyridine rings is 1. The van der Waals surface area contributed by atoms with Gasteiger partial charge in [0.15, 0.2) is 0 Å². The van der Waals surface area contributed by atoms with E-state index in [1.807, 2.05) is 0 Å². The van der Waals surface area contributed by atoms with Crippen LogP contribution >= 0.6 is 0 Å². The average molecular weight is 256 g/mol. The number of aromatic nitrogens is 3. The summed E-state index contributed by atoms with van der Waals surface area (Å²) in [7, 11) is -1.49. The standard InChI is InChI=1S/C12H13BN4O2/c18-13(19)10-2-3-11(14-8-10)9-6-15-12(16-7-9)17-4-1-5-17/h2-3,6-8,18-19H,1,4-5H2. The van der Waals surface area contributed by atoms with Crippen molar-refractivity contribution in [1.82, 2.24) is 15.0 Å². The lowest BCUT2D eigenvalue weighted by Crippen LogP contribution is -2.38. The highest BCUT2D eigenvalue weighted by Crippen LogP contribution is 2.18. The third kappa shape index (κ3) is 2.43. The van der Waals surface area contributed by atoms with Crippen molar-refractivity contribution in [2.75, 3.05) is 18.0 Å². The van der Waals surface area contributed by atoms with Crippen LogP contribution in [0.25, 0.3) is 11.3 Å². The summed E-state index contributed by atoms with van der Waals surface area (Å²) in [6, 6.07) is 3.34. The summed E-state index contributed by atoms with van der Waals surface area (Å²) in [4.78, 5) is 14.9. The van der Waals surface area contributed by atoms with E-state index >= 15 is 0 Å². The van der Waals surface area contributed by atoms with Crippen LogP contribution in [0.2, 0.25) is 0 Å². The molecule has 2 aromatic heterocycles. The minimum atomic E-state index is -1.49. The molecule has 2 aromatic rings. The lowest BCUT2D eigenvalue weighted by molar-refractivity contribution is 0.425. The van der Waals surface area contributed by atoms with E-state index in [4.69, 9.17) is 10.0 Å². The van der Waals surface area contributed by atoms with E-state index in [-0.39, 0.29) is 0 Å². The van der Waals surface area contributed by atoms with E-state index in [1.54, 1.807) is 24.5 Å². The minimum Gasteiger partial charge on any atom is -0.423 e. The lowest BCUT2D eigenvalue weighted by atomic mass is 9.81. The number of nitrogens with zero attached hydrogens (tertiary/aromatic N) is 4. The van der Waals surface area contributed by atoms with Gasteiger partial charge in [0, 0.05) is 42.7 Å². The molecule has 3 rings (SSSR count). The van der Waals surface area contributed by atoms with Crippen molar-refractivity contribution >= 4 is 18.5 Å². The number of rotatable bonds is 3. The average Bonchev–Trinajstić information content (AvgIpc) is 2.38. The Hall–Kier alpha value is -1.99. The van der Waals surface area contributed by atoms with Gasteiger partial charge in [-0.25, -0.2) is 9.97 Å². The normalized spacial score (nSPS) is 14.1. The zero-order valence-electron chi connectivity index (χ0n) is 10.3. The van der Waals surface area contributed by atoms with Crippen molar-refractivity contribution in [3.05, 3.63) is 30.7 Å². The highest BCUT2D eigenvalue weighted by Gasteiger charge is 2.17. The smallest absolute Gasteiger partial charge is 0.423 e. The quantitative estimate of drug-likeness (QED) is 0.715. The molecule has 0 amide bonds. The molecule has 1 saturated heterocycles. The van der Waals surface area contributed by atoms with Gasteiger partial charge >= 0.3 is 7.12 Å². The van der Waals surface area contributed by atoms with Crippen LogP contribution in [0, 0.1) is 0 Å². The van der Waals surface area contributed by atoms with Crippen LogP contribution in [0.15, 0.2) is 30.7 Å². The van der Waals surface area contributed by atoms with Crippen LogP contribution in [0.5, 0.6) is 0 Å². The van der Waals surface area contributed by atoms with Gasteiger partial charge in [0.25, 0.3) is 0 Å². The lowest BCUT2D eigenvalue weighted by Gasteiger charge is -2.30. The molecular formula is C12H13BN4O2. The van der Waals surface area contributed by atoms with Crippen LogP contribution in [0.4, 0.5) is 5.95 Å². The molecule has 7 heteroatoms. The zero-order chi connectivity index (χ0) is 13.2. The van der Waals surface area contributed by atoms with E-state index < -0.39 is 7.12 Å². The first-order chi connectivity index (χ1) is 9.24. The fourth-order valence-corrected chi connectivity index (χ4v) is 1.86. The Kier molecular flexibility index (Phi) is 3.14. The van der Waals surface area contributed by atoms with Crippen molar-refractivity contribution < 1.29 is 10.0 Å². The molecule has 0 atom stereocenters. The summed E-state index contributed by atoms with van der Waals surface area (Å²) >= 11 is 0. The van der Waals surface area contributed by atoms with Crippen LogP contribution in [0.3, 0.4) is 0 Å². The molecule has 1 aliphatic heterocycles. The molecule has 0 radical (unpaired) electrons. The molecule has 96 valence electrons. The highest BCUT2D eigenvalue weighted by molar-refractivity contribution is 6.58. The molecule has 0 spiro atoms. The third-order valence-corrected chi connectivity index (χ3v) is 3.16. The Morgan fingerprint density at radius 1 is 1.00 bits per heavy atom.